The number of halogens is 3. The number of hydrogen-bond acceptors (Lipinski definition) is 3. The summed E-state index contributed by atoms with van der Waals surface area (Å²) in [7, 11) is 0. The van der Waals surface area contributed by atoms with Crippen LogP contribution in [0.3, 0.4) is 0 Å². The molecule has 21 heavy (non-hydrogen) atoms. The van der Waals surface area contributed by atoms with Gasteiger partial charge in [0, 0.05) is 24.1 Å². The van der Waals surface area contributed by atoms with Crippen LogP contribution in [0, 0.1) is 0 Å². The Morgan fingerprint density at radius 1 is 1.33 bits per heavy atom. The summed E-state index contributed by atoms with van der Waals surface area (Å²) in [6.45, 7) is 1.67. The Hall–Kier alpha value is -2.51. The van der Waals surface area contributed by atoms with Gasteiger partial charge in [0.2, 0.25) is 0 Å². The summed E-state index contributed by atoms with van der Waals surface area (Å²) in [6, 6.07) is 3.79. The molecule has 0 unspecified atom stereocenters. The van der Waals surface area contributed by atoms with Crippen molar-refractivity contribution in [1.82, 2.24) is 0 Å². The third-order valence-electron chi connectivity index (χ3n) is 2.89. The van der Waals surface area contributed by atoms with Crippen LogP contribution < -0.4 is 10.5 Å². The van der Waals surface area contributed by atoms with E-state index in [1.54, 1.807) is 6.92 Å². The first-order valence-electron chi connectivity index (χ1n) is 5.89. The maximum Gasteiger partial charge on any atom is 0.417 e. The van der Waals surface area contributed by atoms with Crippen LogP contribution in [-0.4, -0.2) is 17.7 Å². The second kappa shape index (κ2) is 5.12. The van der Waals surface area contributed by atoms with Gasteiger partial charge in [0.1, 0.15) is 5.58 Å². The Morgan fingerprint density at radius 3 is 2.52 bits per heavy atom. The maximum atomic E-state index is 12.9. The van der Waals surface area contributed by atoms with Gasteiger partial charge in [-0.25, -0.2) is 9.59 Å². The van der Waals surface area contributed by atoms with Crippen LogP contribution in [0.4, 0.5) is 23.7 Å². The number of benzene rings is 1. The minimum absolute atomic E-state index is 0.101. The highest BCUT2D eigenvalue weighted by atomic mass is 19.4. The fourth-order valence-corrected chi connectivity index (χ4v) is 1.98. The van der Waals surface area contributed by atoms with E-state index in [1.165, 1.54) is 6.07 Å². The zero-order chi connectivity index (χ0) is 15.8. The molecular formula is C13H10F3NO4. The molecule has 1 N–H and O–H groups in total. The molecule has 1 amide bonds. The minimum Gasteiger partial charge on any atom is -0.465 e. The van der Waals surface area contributed by atoms with Crippen LogP contribution in [0.2, 0.25) is 0 Å². The Kier molecular flexibility index (Phi) is 3.63. The van der Waals surface area contributed by atoms with E-state index in [0.717, 1.165) is 17.0 Å². The Bertz CT molecular complexity index is 751. The summed E-state index contributed by atoms with van der Waals surface area (Å²) in [5.41, 5.74) is -2.45. The van der Waals surface area contributed by atoms with Gasteiger partial charge in [-0.1, -0.05) is 0 Å². The SMILES string of the molecule is CCN(C(=O)O)c1ccc2c(C(F)(F)F)cc(=O)oc2c1. The fraction of sp³-hybridized carbons (Fsp3) is 0.231. The minimum atomic E-state index is -4.70. The van der Waals surface area contributed by atoms with E-state index in [0.29, 0.717) is 6.07 Å². The molecule has 0 spiro atoms. The first-order chi connectivity index (χ1) is 9.74. The van der Waals surface area contributed by atoms with Crippen molar-refractivity contribution in [2.45, 2.75) is 13.1 Å². The van der Waals surface area contributed by atoms with Gasteiger partial charge >= 0.3 is 17.9 Å². The van der Waals surface area contributed by atoms with Crippen molar-refractivity contribution in [2.75, 3.05) is 11.4 Å². The number of carbonyl (C=O) groups is 1. The predicted molar refractivity (Wildman–Crippen MR) is 68.5 cm³/mol. The summed E-state index contributed by atoms with van der Waals surface area (Å²) in [6.07, 6.45) is -5.96. The molecule has 2 rings (SSSR count). The van der Waals surface area contributed by atoms with E-state index >= 15 is 0 Å². The van der Waals surface area contributed by atoms with E-state index in [-0.39, 0.29) is 23.2 Å². The molecule has 5 nitrogen and oxygen atoms in total. The molecule has 8 heteroatoms. The number of anilines is 1. The smallest absolute Gasteiger partial charge is 0.417 e. The molecule has 1 heterocycles. The second-order valence-electron chi connectivity index (χ2n) is 4.18. The lowest BCUT2D eigenvalue weighted by molar-refractivity contribution is -0.136. The number of fused-ring (bicyclic) bond motifs is 1. The van der Waals surface area contributed by atoms with Crippen molar-refractivity contribution in [1.29, 1.82) is 0 Å². The van der Waals surface area contributed by atoms with E-state index in [9.17, 15) is 22.8 Å². The van der Waals surface area contributed by atoms with Gasteiger partial charge in [-0.05, 0) is 19.1 Å². The molecule has 0 aliphatic carbocycles. The molecule has 0 bridgehead atoms. The molecule has 0 atom stereocenters. The van der Waals surface area contributed by atoms with Gasteiger partial charge in [0.25, 0.3) is 0 Å². The van der Waals surface area contributed by atoms with Crippen molar-refractivity contribution in [3.63, 3.8) is 0 Å². The highest BCUT2D eigenvalue weighted by Gasteiger charge is 2.34. The fourth-order valence-electron chi connectivity index (χ4n) is 1.98. The van der Waals surface area contributed by atoms with Crippen molar-refractivity contribution < 1.29 is 27.5 Å². The van der Waals surface area contributed by atoms with Crippen LogP contribution in [0.5, 0.6) is 0 Å². The normalized spacial score (nSPS) is 11.6. The Morgan fingerprint density at radius 2 is 2.00 bits per heavy atom. The van der Waals surface area contributed by atoms with E-state index < -0.39 is 23.5 Å². The van der Waals surface area contributed by atoms with Crippen molar-refractivity contribution in [2.24, 2.45) is 0 Å². The third-order valence-corrected chi connectivity index (χ3v) is 2.89. The summed E-state index contributed by atoms with van der Waals surface area (Å²) >= 11 is 0. The molecule has 1 aromatic carbocycles. The summed E-state index contributed by atoms with van der Waals surface area (Å²) in [5.74, 6) is 0. The summed E-state index contributed by atoms with van der Waals surface area (Å²) in [4.78, 5) is 23.2. The largest absolute Gasteiger partial charge is 0.465 e. The number of carboxylic acid groups (broad SMARTS) is 1. The lowest BCUT2D eigenvalue weighted by atomic mass is 10.1. The number of hydrogen-bond donors (Lipinski definition) is 1. The van der Waals surface area contributed by atoms with Gasteiger partial charge in [-0.15, -0.1) is 0 Å². The first-order valence-corrected chi connectivity index (χ1v) is 5.89. The van der Waals surface area contributed by atoms with Gasteiger partial charge in [-0.3, -0.25) is 4.90 Å². The molecule has 2 aromatic rings. The number of nitrogens with zero attached hydrogens (tertiary/aromatic N) is 1. The molecular weight excluding hydrogens is 291 g/mol. The zero-order valence-electron chi connectivity index (χ0n) is 10.8. The second-order valence-corrected chi connectivity index (χ2v) is 4.18. The van der Waals surface area contributed by atoms with Gasteiger partial charge in [-0.2, -0.15) is 13.2 Å². The average molecular weight is 301 g/mol. The molecule has 0 fully saturated rings. The van der Waals surface area contributed by atoms with Crippen LogP contribution in [-0.2, 0) is 6.18 Å². The maximum absolute atomic E-state index is 12.9. The van der Waals surface area contributed by atoms with E-state index in [1.807, 2.05) is 0 Å². The molecule has 0 aliphatic rings. The summed E-state index contributed by atoms with van der Waals surface area (Å²) < 4.78 is 43.3. The molecule has 0 saturated carbocycles. The van der Waals surface area contributed by atoms with Crippen molar-refractivity contribution in [3.05, 3.63) is 40.2 Å². The Labute approximate surface area is 116 Å². The highest BCUT2D eigenvalue weighted by molar-refractivity contribution is 5.91. The van der Waals surface area contributed by atoms with E-state index in [4.69, 9.17) is 9.52 Å². The standard InChI is InChI=1S/C13H10F3NO4/c1-2-17(12(19)20)7-3-4-8-9(13(14,15)16)6-11(18)21-10(8)5-7/h3-6H,2H2,1H3,(H,19,20). The topological polar surface area (TPSA) is 70.8 Å². The molecule has 0 saturated heterocycles. The Balaban J connectivity index is 2.70. The molecule has 1 aromatic heterocycles. The van der Waals surface area contributed by atoms with Crippen LogP contribution in [0.1, 0.15) is 12.5 Å². The number of amides is 1. The van der Waals surface area contributed by atoms with Gasteiger partial charge in [0.05, 0.1) is 11.3 Å². The van der Waals surface area contributed by atoms with Gasteiger partial charge in [0.15, 0.2) is 0 Å². The quantitative estimate of drug-likeness (QED) is 0.864. The molecule has 112 valence electrons. The van der Waals surface area contributed by atoms with E-state index in [2.05, 4.69) is 0 Å². The number of alkyl halides is 3. The molecule has 0 radical (unpaired) electrons. The first kappa shape index (κ1) is 14.9. The third kappa shape index (κ3) is 2.83. The highest BCUT2D eigenvalue weighted by Crippen LogP contribution is 2.34. The summed E-state index contributed by atoms with van der Waals surface area (Å²) in [5, 5.41) is 8.69. The van der Waals surface area contributed by atoms with Gasteiger partial charge < -0.3 is 9.52 Å². The van der Waals surface area contributed by atoms with Crippen molar-refractivity contribution >= 4 is 22.7 Å². The molecule has 0 aliphatic heterocycles. The lowest BCUT2D eigenvalue weighted by Crippen LogP contribution is -2.28. The lowest BCUT2D eigenvalue weighted by Gasteiger charge is -2.17. The van der Waals surface area contributed by atoms with Crippen LogP contribution in [0.25, 0.3) is 11.0 Å². The van der Waals surface area contributed by atoms with Crippen molar-refractivity contribution in [3.8, 4) is 0 Å². The van der Waals surface area contributed by atoms with Crippen LogP contribution >= 0.6 is 0 Å². The van der Waals surface area contributed by atoms with Crippen LogP contribution in [0.15, 0.2) is 33.5 Å². The zero-order valence-corrected chi connectivity index (χ0v) is 10.8. The number of rotatable bonds is 2. The predicted octanol–water partition coefficient (Wildman–Crippen LogP) is 3.32. The average Bonchev–Trinajstić information content (AvgIpc) is 2.36. The monoisotopic (exact) mass is 301 g/mol.